The number of nitrogens with zero attached hydrogens (tertiary/aromatic N) is 4. The van der Waals surface area contributed by atoms with Gasteiger partial charge in [0, 0.05) is 17.5 Å². The van der Waals surface area contributed by atoms with E-state index >= 15 is 0 Å². The molecule has 2 aromatic heterocycles. The number of hydrogen-bond donors (Lipinski definition) is 1. The average Bonchev–Trinajstić information content (AvgIpc) is 3.26. The molecule has 1 aliphatic carbocycles. The Morgan fingerprint density at radius 1 is 1.29 bits per heavy atom. The molecule has 2 heterocycles. The molecular weight excluding hydrogens is 322 g/mol. The van der Waals surface area contributed by atoms with Crippen molar-refractivity contribution in [3.8, 4) is 5.69 Å². The largest absolute Gasteiger partial charge is 0.328 e. The Morgan fingerprint density at radius 2 is 2.08 bits per heavy atom. The minimum Gasteiger partial charge on any atom is -0.328 e. The van der Waals surface area contributed by atoms with E-state index in [9.17, 15) is 4.79 Å². The molecule has 0 radical (unpaired) electrons. The molecule has 0 atom stereocenters. The van der Waals surface area contributed by atoms with Crippen LogP contribution in [0, 0.1) is 0 Å². The highest BCUT2D eigenvalue weighted by Crippen LogP contribution is 2.30. The molecule has 1 fully saturated rings. The zero-order valence-electron chi connectivity index (χ0n) is 12.9. The first-order valence-corrected chi connectivity index (χ1v) is 8.74. The Hall–Kier alpha value is -2.51. The number of rotatable bonds is 4. The molecule has 0 aliphatic heterocycles. The van der Waals surface area contributed by atoms with Crippen molar-refractivity contribution in [3.05, 3.63) is 59.3 Å². The second-order valence-corrected chi connectivity index (χ2v) is 6.63. The van der Waals surface area contributed by atoms with Crippen LogP contribution in [0.1, 0.15) is 23.3 Å². The normalized spacial score (nSPS) is 19.7. The quantitative estimate of drug-likeness (QED) is 0.792. The third kappa shape index (κ3) is 2.72. The standard InChI is InChI=1S/C17H17N5OS/c18-12-6-14(7-12)22(17(23)16-10-24-11-19-16)15-8-20-21(9-15)13-4-2-1-3-5-13/h1-5,8-12,14H,6-7,18H2. The van der Waals surface area contributed by atoms with Crippen LogP contribution in [0.5, 0.6) is 0 Å². The SMILES string of the molecule is NC1CC(N(C(=O)c2cscn2)c2cnn(-c3ccccc3)c2)C1. The number of nitrogens with two attached hydrogens (primary N) is 1. The molecule has 1 aromatic carbocycles. The molecule has 1 amide bonds. The lowest BCUT2D eigenvalue weighted by atomic mass is 9.86. The zero-order valence-corrected chi connectivity index (χ0v) is 13.8. The highest BCUT2D eigenvalue weighted by atomic mass is 32.1. The number of carbonyl (C=O) groups is 1. The highest BCUT2D eigenvalue weighted by Gasteiger charge is 2.36. The molecule has 0 unspecified atom stereocenters. The van der Waals surface area contributed by atoms with Crippen molar-refractivity contribution < 1.29 is 4.79 Å². The number of anilines is 1. The van der Waals surface area contributed by atoms with E-state index in [1.165, 1.54) is 11.3 Å². The lowest BCUT2D eigenvalue weighted by Crippen LogP contribution is -2.53. The average molecular weight is 339 g/mol. The predicted molar refractivity (Wildman–Crippen MR) is 93.5 cm³/mol. The van der Waals surface area contributed by atoms with Crippen LogP contribution in [0.3, 0.4) is 0 Å². The van der Waals surface area contributed by atoms with E-state index in [0.717, 1.165) is 24.2 Å². The van der Waals surface area contributed by atoms with Gasteiger partial charge in [-0.1, -0.05) is 18.2 Å². The van der Waals surface area contributed by atoms with E-state index in [2.05, 4.69) is 10.1 Å². The minimum absolute atomic E-state index is 0.0965. The predicted octanol–water partition coefficient (Wildman–Crippen LogP) is 2.47. The summed E-state index contributed by atoms with van der Waals surface area (Å²) in [6, 6.07) is 10.1. The van der Waals surface area contributed by atoms with Gasteiger partial charge in [0.15, 0.2) is 0 Å². The first-order valence-electron chi connectivity index (χ1n) is 7.80. The maximum Gasteiger partial charge on any atom is 0.278 e. The molecule has 2 N–H and O–H groups in total. The van der Waals surface area contributed by atoms with Gasteiger partial charge in [0.2, 0.25) is 0 Å². The molecule has 122 valence electrons. The summed E-state index contributed by atoms with van der Waals surface area (Å²) in [6.07, 6.45) is 5.20. The van der Waals surface area contributed by atoms with E-state index in [0.29, 0.717) is 5.69 Å². The monoisotopic (exact) mass is 339 g/mol. The Labute approximate surface area is 143 Å². The van der Waals surface area contributed by atoms with Gasteiger partial charge in [0.25, 0.3) is 5.91 Å². The topological polar surface area (TPSA) is 77.0 Å². The first kappa shape index (κ1) is 15.0. The highest BCUT2D eigenvalue weighted by molar-refractivity contribution is 7.07. The van der Waals surface area contributed by atoms with Gasteiger partial charge in [-0.3, -0.25) is 4.79 Å². The Bertz CT molecular complexity index is 824. The van der Waals surface area contributed by atoms with Crippen molar-refractivity contribution in [1.82, 2.24) is 14.8 Å². The first-order chi connectivity index (χ1) is 11.7. The molecular formula is C17H17N5OS. The van der Waals surface area contributed by atoms with Crippen LogP contribution in [0.4, 0.5) is 5.69 Å². The summed E-state index contributed by atoms with van der Waals surface area (Å²) in [7, 11) is 0. The smallest absolute Gasteiger partial charge is 0.278 e. The molecule has 24 heavy (non-hydrogen) atoms. The molecule has 1 saturated carbocycles. The summed E-state index contributed by atoms with van der Waals surface area (Å²) in [6.45, 7) is 0. The fraction of sp³-hybridized carbons (Fsp3) is 0.235. The number of carbonyl (C=O) groups excluding carboxylic acids is 1. The summed E-state index contributed by atoms with van der Waals surface area (Å²) in [5.74, 6) is -0.0965. The number of para-hydroxylation sites is 1. The van der Waals surface area contributed by atoms with Gasteiger partial charge in [-0.2, -0.15) is 5.10 Å². The lowest BCUT2D eigenvalue weighted by molar-refractivity contribution is 0.0956. The van der Waals surface area contributed by atoms with E-state index in [1.807, 2.05) is 36.5 Å². The van der Waals surface area contributed by atoms with Crippen LogP contribution in [0.15, 0.2) is 53.6 Å². The van der Waals surface area contributed by atoms with Crippen LogP contribution in [0.2, 0.25) is 0 Å². The Balaban J connectivity index is 1.67. The van der Waals surface area contributed by atoms with Gasteiger partial charge in [-0.05, 0) is 25.0 Å². The zero-order chi connectivity index (χ0) is 16.5. The molecule has 6 nitrogen and oxygen atoms in total. The molecule has 3 aromatic rings. The van der Waals surface area contributed by atoms with Crippen LogP contribution >= 0.6 is 11.3 Å². The summed E-state index contributed by atoms with van der Waals surface area (Å²) in [5, 5.41) is 6.18. The Morgan fingerprint density at radius 3 is 2.75 bits per heavy atom. The number of aromatic nitrogens is 3. The van der Waals surface area contributed by atoms with Gasteiger partial charge in [0.05, 0.1) is 29.3 Å². The maximum atomic E-state index is 12.9. The van der Waals surface area contributed by atoms with Gasteiger partial charge in [-0.25, -0.2) is 9.67 Å². The fourth-order valence-corrected chi connectivity index (χ4v) is 3.46. The van der Waals surface area contributed by atoms with Crippen LogP contribution in [0.25, 0.3) is 5.69 Å². The summed E-state index contributed by atoms with van der Waals surface area (Å²) < 4.78 is 1.77. The maximum absolute atomic E-state index is 12.9. The molecule has 1 aliphatic rings. The minimum atomic E-state index is -0.0965. The van der Waals surface area contributed by atoms with Crippen molar-refractivity contribution in [2.45, 2.75) is 24.9 Å². The van der Waals surface area contributed by atoms with Gasteiger partial charge >= 0.3 is 0 Å². The van der Waals surface area contributed by atoms with Gasteiger partial charge < -0.3 is 10.6 Å². The number of benzene rings is 1. The van der Waals surface area contributed by atoms with Gasteiger partial charge in [-0.15, -0.1) is 11.3 Å². The second kappa shape index (κ2) is 6.18. The third-order valence-electron chi connectivity index (χ3n) is 4.25. The van der Waals surface area contributed by atoms with Crippen molar-refractivity contribution >= 4 is 22.9 Å². The van der Waals surface area contributed by atoms with Crippen molar-refractivity contribution in [2.24, 2.45) is 5.73 Å². The number of amides is 1. The molecule has 0 saturated heterocycles. The van der Waals surface area contributed by atoms with Crippen LogP contribution in [-0.4, -0.2) is 32.8 Å². The Kier molecular flexibility index (Phi) is 3.87. The molecule has 0 spiro atoms. The van der Waals surface area contributed by atoms with E-state index in [-0.39, 0.29) is 18.0 Å². The number of thiazole rings is 1. The van der Waals surface area contributed by atoms with Crippen molar-refractivity contribution in [1.29, 1.82) is 0 Å². The number of hydrogen-bond acceptors (Lipinski definition) is 5. The third-order valence-corrected chi connectivity index (χ3v) is 4.84. The van der Waals surface area contributed by atoms with Crippen molar-refractivity contribution in [2.75, 3.05) is 4.90 Å². The summed E-state index contributed by atoms with van der Waals surface area (Å²) in [4.78, 5) is 18.8. The summed E-state index contributed by atoms with van der Waals surface area (Å²) >= 11 is 1.42. The fourth-order valence-electron chi connectivity index (χ4n) is 2.94. The molecule has 0 bridgehead atoms. The van der Waals surface area contributed by atoms with Crippen LogP contribution < -0.4 is 10.6 Å². The van der Waals surface area contributed by atoms with Crippen molar-refractivity contribution in [3.63, 3.8) is 0 Å². The molecule has 4 rings (SSSR count). The van der Waals surface area contributed by atoms with E-state index in [1.54, 1.807) is 26.7 Å². The van der Waals surface area contributed by atoms with Gasteiger partial charge in [0.1, 0.15) is 5.69 Å². The lowest BCUT2D eigenvalue weighted by Gasteiger charge is -2.40. The van der Waals surface area contributed by atoms with Crippen LogP contribution in [-0.2, 0) is 0 Å². The van der Waals surface area contributed by atoms with E-state index in [4.69, 9.17) is 5.73 Å². The summed E-state index contributed by atoms with van der Waals surface area (Å²) in [5.41, 5.74) is 9.79. The second-order valence-electron chi connectivity index (χ2n) is 5.91. The van der Waals surface area contributed by atoms with E-state index < -0.39 is 0 Å². The molecule has 7 heteroatoms.